The fourth-order valence-electron chi connectivity index (χ4n) is 2.11. The highest BCUT2D eigenvalue weighted by Gasteiger charge is 2.24. The molecule has 12 heavy (non-hydrogen) atoms. The van der Waals surface area contributed by atoms with Gasteiger partial charge in [-0.25, -0.2) is 0 Å². The highest BCUT2D eigenvalue weighted by molar-refractivity contribution is 4.78. The molecular weight excluding hydrogens is 150 g/mol. The van der Waals surface area contributed by atoms with Crippen molar-refractivity contribution in [3.63, 3.8) is 0 Å². The third-order valence-electron chi connectivity index (χ3n) is 3.34. The fraction of sp³-hybridized carbons (Fsp3) is 1.00. The SMILES string of the molecule is CCC(C)C1CCC(N=O)CC1. The van der Waals surface area contributed by atoms with Gasteiger partial charge in [0.2, 0.25) is 0 Å². The van der Waals surface area contributed by atoms with Crippen molar-refractivity contribution in [2.45, 2.75) is 52.0 Å². The van der Waals surface area contributed by atoms with Crippen LogP contribution in [0.2, 0.25) is 0 Å². The molecule has 1 unspecified atom stereocenters. The van der Waals surface area contributed by atoms with Crippen molar-refractivity contribution < 1.29 is 0 Å². The minimum Gasteiger partial charge on any atom is -0.151 e. The molecule has 1 rings (SSSR count). The minimum atomic E-state index is 0.130. The molecule has 1 saturated carbocycles. The second-order valence-electron chi connectivity index (χ2n) is 4.06. The highest BCUT2D eigenvalue weighted by Crippen LogP contribution is 2.32. The molecule has 0 amide bonds. The van der Waals surface area contributed by atoms with Crippen LogP contribution in [-0.2, 0) is 0 Å². The molecule has 1 fully saturated rings. The van der Waals surface area contributed by atoms with Crippen molar-refractivity contribution in [2.24, 2.45) is 17.0 Å². The van der Waals surface area contributed by atoms with E-state index in [9.17, 15) is 4.91 Å². The second kappa shape index (κ2) is 4.58. The predicted molar refractivity (Wildman–Crippen MR) is 51.0 cm³/mol. The van der Waals surface area contributed by atoms with E-state index in [1.54, 1.807) is 0 Å². The maximum atomic E-state index is 10.3. The summed E-state index contributed by atoms with van der Waals surface area (Å²) in [5.41, 5.74) is 0. The summed E-state index contributed by atoms with van der Waals surface area (Å²) < 4.78 is 0. The summed E-state index contributed by atoms with van der Waals surface area (Å²) in [6, 6.07) is 0.130. The minimum absolute atomic E-state index is 0.130. The molecule has 0 bridgehead atoms. The Labute approximate surface area is 74.7 Å². The molecule has 0 heterocycles. The van der Waals surface area contributed by atoms with Crippen LogP contribution in [0.5, 0.6) is 0 Å². The molecule has 2 heteroatoms. The van der Waals surface area contributed by atoms with E-state index in [1.807, 2.05) is 0 Å². The fourth-order valence-corrected chi connectivity index (χ4v) is 2.11. The molecule has 0 aromatic heterocycles. The van der Waals surface area contributed by atoms with Gasteiger partial charge >= 0.3 is 0 Å². The van der Waals surface area contributed by atoms with Gasteiger partial charge in [0.1, 0.15) is 0 Å². The first kappa shape index (κ1) is 9.69. The Balaban J connectivity index is 2.30. The van der Waals surface area contributed by atoms with Crippen molar-refractivity contribution >= 4 is 0 Å². The number of hydrogen-bond donors (Lipinski definition) is 0. The van der Waals surface area contributed by atoms with Crippen molar-refractivity contribution in [1.82, 2.24) is 0 Å². The van der Waals surface area contributed by atoms with E-state index in [2.05, 4.69) is 19.0 Å². The lowest BCUT2D eigenvalue weighted by atomic mass is 9.78. The van der Waals surface area contributed by atoms with Gasteiger partial charge in [0.05, 0.1) is 6.04 Å². The van der Waals surface area contributed by atoms with Crippen LogP contribution in [0.3, 0.4) is 0 Å². The Hall–Kier alpha value is -0.400. The van der Waals surface area contributed by atoms with E-state index in [1.165, 1.54) is 19.3 Å². The zero-order valence-corrected chi connectivity index (χ0v) is 8.12. The van der Waals surface area contributed by atoms with Crippen LogP contribution in [-0.4, -0.2) is 6.04 Å². The third-order valence-corrected chi connectivity index (χ3v) is 3.34. The number of nitrogens with zero attached hydrogens (tertiary/aromatic N) is 1. The van der Waals surface area contributed by atoms with Crippen LogP contribution in [0, 0.1) is 16.7 Å². The van der Waals surface area contributed by atoms with E-state index < -0.39 is 0 Å². The van der Waals surface area contributed by atoms with Gasteiger partial charge in [0.15, 0.2) is 0 Å². The second-order valence-corrected chi connectivity index (χ2v) is 4.06. The van der Waals surface area contributed by atoms with Crippen molar-refractivity contribution in [1.29, 1.82) is 0 Å². The molecule has 1 atom stereocenters. The van der Waals surface area contributed by atoms with Gasteiger partial charge in [-0.2, -0.15) is 4.91 Å². The monoisotopic (exact) mass is 169 g/mol. The number of nitroso groups, excluding NO2 is 1. The van der Waals surface area contributed by atoms with Crippen molar-refractivity contribution in [3.05, 3.63) is 4.91 Å². The van der Waals surface area contributed by atoms with E-state index in [0.717, 1.165) is 24.7 Å². The molecule has 0 radical (unpaired) electrons. The van der Waals surface area contributed by atoms with Gasteiger partial charge < -0.3 is 0 Å². The van der Waals surface area contributed by atoms with Gasteiger partial charge in [-0.05, 0) is 37.5 Å². The number of rotatable bonds is 3. The Morgan fingerprint density at radius 1 is 1.33 bits per heavy atom. The van der Waals surface area contributed by atoms with Gasteiger partial charge in [-0.3, -0.25) is 0 Å². The van der Waals surface area contributed by atoms with E-state index in [-0.39, 0.29) is 6.04 Å². The maximum absolute atomic E-state index is 10.3. The average Bonchev–Trinajstić information content (AvgIpc) is 2.17. The summed E-state index contributed by atoms with van der Waals surface area (Å²) in [5, 5.41) is 3.12. The van der Waals surface area contributed by atoms with E-state index in [4.69, 9.17) is 0 Å². The molecule has 1 aliphatic carbocycles. The lowest BCUT2D eigenvalue weighted by Gasteiger charge is -2.28. The molecule has 2 nitrogen and oxygen atoms in total. The van der Waals surface area contributed by atoms with Gasteiger partial charge in [-0.15, -0.1) is 0 Å². The molecule has 0 aromatic rings. The molecule has 0 aliphatic heterocycles. The molecule has 70 valence electrons. The predicted octanol–water partition coefficient (Wildman–Crippen LogP) is 3.36. The Kier molecular flexibility index (Phi) is 3.70. The Morgan fingerprint density at radius 3 is 2.33 bits per heavy atom. The molecule has 1 aliphatic rings. The topological polar surface area (TPSA) is 29.4 Å². The summed E-state index contributed by atoms with van der Waals surface area (Å²) in [6.07, 6.45) is 5.75. The van der Waals surface area contributed by atoms with Crippen LogP contribution in [0.1, 0.15) is 46.0 Å². The first-order valence-corrected chi connectivity index (χ1v) is 5.10. The lowest BCUT2D eigenvalue weighted by Crippen LogP contribution is -2.21. The summed E-state index contributed by atoms with van der Waals surface area (Å²) in [5.74, 6) is 1.69. The molecular formula is C10H19NO. The standard InChI is InChI=1S/C10H19NO/c1-3-8(2)9-4-6-10(11-12)7-5-9/h8-10H,3-7H2,1-2H3. The smallest absolute Gasteiger partial charge is 0.0920 e. The van der Waals surface area contributed by atoms with E-state index in [0.29, 0.717) is 0 Å². The van der Waals surface area contributed by atoms with Crippen LogP contribution < -0.4 is 0 Å². The average molecular weight is 169 g/mol. The van der Waals surface area contributed by atoms with Crippen molar-refractivity contribution in [2.75, 3.05) is 0 Å². The zero-order valence-electron chi connectivity index (χ0n) is 8.12. The molecule has 0 aromatic carbocycles. The maximum Gasteiger partial charge on any atom is 0.0920 e. The Bertz CT molecular complexity index is 139. The summed E-state index contributed by atoms with van der Waals surface area (Å²) in [7, 11) is 0. The first-order valence-electron chi connectivity index (χ1n) is 5.10. The largest absolute Gasteiger partial charge is 0.151 e. The molecule has 0 spiro atoms. The van der Waals surface area contributed by atoms with Gasteiger partial charge in [-0.1, -0.05) is 25.4 Å². The summed E-state index contributed by atoms with van der Waals surface area (Å²) >= 11 is 0. The number of hydrogen-bond acceptors (Lipinski definition) is 2. The first-order chi connectivity index (χ1) is 5.77. The van der Waals surface area contributed by atoms with Crippen LogP contribution in [0.15, 0.2) is 5.18 Å². The molecule has 0 N–H and O–H groups in total. The molecule has 0 saturated heterocycles. The third kappa shape index (κ3) is 2.29. The van der Waals surface area contributed by atoms with Crippen LogP contribution >= 0.6 is 0 Å². The van der Waals surface area contributed by atoms with Gasteiger partial charge in [0, 0.05) is 0 Å². The zero-order chi connectivity index (χ0) is 8.97. The Morgan fingerprint density at radius 2 is 1.92 bits per heavy atom. The summed E-state index contributed by atoms with van der Waals surface area (Å²) in [6.45, 7) is 4.56. The summed E-state index contributed by atoms with van der Waals surface area (Å²) in [4.78, 5) is 10.3. The normalized spacial score (nSPS) is 32.8. The van der Waals surface area contributed by atoms with Gasteiger partial charge in [0.25, 0.3) is 0 Å². The van der Waals surface area contributed by atoms with E-state index >= 15 is 0 Å². The van der Waals surface area contributed by atoms with Crippen LogP contribution in [0.25, 0.3) is 0 Å². The highest BCUT2D eigenvalue weighted by atomic mass is 16.3. The lowest BCUT2D eigenvalue weighted by molar-refractivity contribution is 0.242. The van der Waals surface area contributed by atoms with Crippen LogP contribution in [0.4, 0.5) is 0 Å². The quantitative estimate of drug-likeness (QED) is 0.596. The van der Waals surface area contributed by atoms with Crippen molar-refractivity contribution in [3.8, 4) is 0 Å².